The molecule has 0 saturated heterocycles. The van der Waals surface area contributed by atoms with Gasteiger partial charge >= 0.3 is 0 Å². The normalized spacial score (nSPS) is 10.7. The van der Waals surface area contributed by atoms with Crippen molar-refractivity contribution >= 4 is 16.7 Å². The molecule has 1 N–H and O–H groups in total. The van der Waals surface area contributed by atoms with E-state index < -0.39 is 0 Å². The molecule has 29 heavy (non-hydrogen) atoms. The monoisotopic (exact) mass is 385 g/mol. The number of fused-ring (bicyclic) bond motifs is 1. The van der Waals surface area contributed by atoms with Crippen LogP contribution in [0.2, 0.25) is 0 Å². The SMILES string of the molecule is COc1cccc(CNc2nc(Cc3ccccc3)nc3ccccc23)c1OC. The molecule has 0 saturated carbocycles. The Morgan fingerprint density at radius 2 is 1.59 bits per heavy atom. The number of para-hydroxylation sites is 2. The summed E-state index contributed by atoms with van der Waals surface area (Å²) in [6.07, 6.45) is 0.683. The van der Waals surface area contributed by atoms with Gasteiger partial charge in [0.2, 0.25) is 0 Å². The molecule has 0 aliphatic rings. The van der Waals surface area contributed by atoms with Gasteiger partial charge < -0.3 is 14.8 Å². The van der Waals surface area contributed by atoms with Crippen LogP contribution in [-0.2, 0) is 13.0 Å². The molecule has 0 amide bonds. The van der Waals surface area contributed by atoms with Gasteiger partial charge in [-0.15, -0.1) is 0 Å². The number of hydrogen-bond acceptors (Lipinski definition) is 5. The van der Waals surface area contributed by atoms with Gasteiger partial charge in [-0.2, -0.15) is 0 Å². The first kappa shape index (κ1) is 18.7. The van der Waals surface area contributed by atoms with Crippen LogP contribution in [0.4, 0.5) is 5.82 Å². The second kappa shape index (κ2) is 8.61. The topological polar surface area (TPSA) is 56.3 Å². The van der Waals surface area contributed by atoms with E-state index >= 15 is 0 Å². The zero-order chi connectivity index (χ0) is 20.1. The van der Waals surface area contributed by atoms with Gasteiger partial charge in [-0.25, -0.2) is 9.97 Å². The highest BCUT2D eigenvalue weighted by molar-refractivity contribution is 5.89. The van der Waals surface area contributed by atoms with E-state index in [2.05, 4.69) is 17.4 Å². The predicted octanol–water partition coefficient (Wildman–Crippen LogP) is 4.85. The summed E-state index contributed by atoms with van der Waals surface area (Å²) in [6.45, 7) is 0.562. The molecule has 0 radical (unpaired) electrons. The van der Waals surface area contributed by atoms with Gasteiger partial charge in [0.05, 0.1) is 19.7 Å². The van der Waals surface area contributed by atoms with E-state index in [-0.39, 0.29) is 0 Å². The maximum Gasteiger partial charge on any atom is 0.165 e. The highest BCUT2D eigenvalue weighted by Gasteiger charge is 2.12. The molecule has 0 unspecified atom stereocenters. The van der Waals surface area contributed by atoms with Crippen LogP contribution >= 0.6 is 0 Å². The van der Waals surface area contributed by atoms with E-state index in [9.17, 15) is 0 Å². The molecule has 1 aromatic heterocycles. The number of anilines is 1. The lowest BCUT2D eigenvalue weighted by Gasteiger charge is -2.15. The Morgan fingerprint density at radius 3 is 2.38 bits per heavy atom. The van der Waals surface area contributed by atoms with Crippen molar-refractivity contribution in [3.63, 3.8) is 0 Å². The van der Waals surface area contributed by atoms with Gasteiger partial charge in [0.15, 0.2) is 11.5 Å². The molecule has 1 heterocycles. The van der Waals surface area contributed by atoms with Crippen LogP contribution in [0.3, 0.4) is 0 Å². The van der Waals surface area contributed by atoms with Crippen LogP contribution in [0, 0.1) is 0 Å². The molecule has 4 aromatic rings. The molecule has 0 aliphatic carbocycles. The Hall–Kier alpha value is -3.60. The Morgan fingerprint density at radius 1 is 0.793 bits per heavy atom. The first-order valence-electron chi connectivity index (χ1n) is 9.52. The molecule has 5 heteroatoms. The lowest BCUT2D eigenvalue weighted by molar-refractivity contribution is 0.352. The first-order chi connectivity index (χ1) is 14.3. The van der Waals surface area contributed by atoms with Crippen LogP contribution in [0.15, 0.2) is 72.8 Å². The smallest absolute Gasteiger partial charge is 0.165 e. The van der Waals surface area contributed by atoms with Gasteiger partial charge in [0, 0.05) is 23.9 Å². The quantitative estimate of drug-likeness (QED) is 0.493. The number of nitrogens with zero attached hydrogens (tertiary/aromatic N) is 2. The second-order valence-corrected chi connectivity index (χ2v) is 6.67. The average Bonchev–Trinajstić information content (AvgIpc) is 2.77. The fourth-order valence-corrected chi connectivity index (χ4v) is 3.39. The van der Waals surface area contributed by atoms with Crippen molar-refractivity contribution in [1.29, 1.82) is 0 Å². The van der Waals surface area contributed by atoms with Gasteiger partial charge in [-0.3, -0.25) is 0 Å². The highest BCUT2D eigenvalue weighted by atomic mass is 16.5. The van der Waals surface area contributed by atoms with Crippen LogP contribution in [0.1, 0.15) is 17.0 Å². The zero-order valence-electron chi connectivity index (χ0n) is 16.6. The number of ether oxygens (including phenoxy) is 2. The van der Waals surface area contributed by atoms with Crippen LogP contribution in [0.5, 0.6) is 11.5 Å². The van der Waals surface area contributed by atoms with E-state index in [1.54, 1.807) is 14.2 Å². The lowest BCUT2D eigenvalue weighted by atomic mass is 10.1. The summed E-state index contributed by atoms with van der Waals surface area (Å²) in [5, 5.41) is 4.46. The molecule has 146 valence electrons. The third kappa shape index (κ3) is 4.14. The van der Waals surface area contributed by atoms with Crippen molar-refractivity contribution in [2.75, 3.05) is 19.5 Å². The van der Waals surface area contributed by atoms with Gasteiger partial charge in [0.1, 0.15) is 11.6 Å². The minimum atomic E-state index is 0.562. The molecule has 0 atom stereocenters. The maximum absolute atomic E-state index is 5.55. The van der Waals surface area contributed by atoms with E-state index in [0.717, 1.165) is 33.9 Å². The summed E-state index contributed by atoms with van der Waals surface area (Å²) in [4.78, 5) is 9.57. The summed E-state index contributed by atoms with van der Waals surface area (Å²) in [6, 6.07) is 24.2. The summed E-state index contributed by atoms with van der Waals surface area (Å²) < 4.78 is 11.0. The first-order valence-corrected chi connectivity index (χ1v) is 9.52. The summed E-state index contributed by atoms with van der Waals surface area (Å²) in [7, 11) is 3.29. The van der Waals surface area contributed by atoms with Crippen LogP contribution < -0.4 is 14.8 Å². The van der Waals surface area contributed by atoms with Crippen LogP contribution in [-0.4, -0.2) is 24.2 Å². The van der Waals surface area contributed by atoms with Gasteiger partial charge in [0.25, 0.3) is 0 Å². The Kier molecular flexibility index (Phi) is 5.56. The molecule has 0 fully saturated rings. The molecule has 0 aliphatic heterocycles. The molecular weight excluding hydrogens is 362 g/mol. The summed E-state index contributed by atoms with van der Waals surface area (Å²) in [5.41, 5.74) is 3.11. The standard InChI is InChI=1S/C24H23N3O2/c1-28-21-14-8-11-18(23(21)29-2)16-25-24-19-12-6-7-13-20(19)26-22(27-24)15-17-9-4-3-5-10-17/h3-14H,15-16H2,1-2H3,(H,25,26,27). The van der Waals surface area contributed by atoms with Crippen molar-refractivity contribution in [1.82, 2.24) is 9.97 Å². The van der Waals surface area contributed by atoms with Crippen molar-refractivity contribution in [2.45, 2.75) is 13.0 Å². The minimum absolute atomic E-state index is 0.562. The predicted molar refractivity (Wildman–Crippen MR) is 116 cm³/mol. The molecule has 3 aromatic carbocycles. The van der Waals surface area contributed by atoms with Crippen molar-refractivity contribution in [2.24, 2.45) is 0 Å². The van der Waals surface area contributed by atoms with E-state index in [0.29, 0.717) is 18.7 Å². The number of nitrogens with one attached hydrogen (secondary N) is 1. The fourth-order valence-electron chi connectivity index (χ4n) is 3.39. The van der Waals surface area contributed by atoms with Crippen molar-refractivity contribution in [3.05, 3.63) is 89.7 Å². The number of aromatic nitrogens is 2. The van der Waals surface area contributed by atoms with Gasteiger partial charge in [-0.05, 0) is 23.8 Å². The summed E-state index contributed by atoms with van der Waals surface area (Å²) >= 11 is 0. The van der Waals surface area contributed by atoms with Crippen LogP contribution in [0.25, 0.3) is 10.9 Å². The summed E-state index contributed by atoms with van der Waals surface area (Å²) in [5.74, 6) is 3.04. The minimum Gasteiger partial charge on any atom is -0.493 e. The Balaban J connectivity index is 1.66. The molecule has 0 spiro atoms. The van der Waals surface area contributed by atoms with Gasteiger partial charge in [-0.1, -0.05) is 54.6 Å². The zero-order valence-corrected chi connectivity index (χ0v) is 16.6. The van der Waals surface area contributed by atoms with E-state index in [4.69, 9.17) is 19.4 Å². The Labute approximate surface area is 170 Å². The number of hydrogen-bond donors (Lipinski definition) is 1. The number of benzene rings is 3. The highest BCUT2D eigenvalue weighted by Crippen LogP contribution is 2.31. The maximum atomic E-state index is 5.55. The average molecular weight is 385 g/mol. The number of rotatable bonds is 7. The number of methoxy groups -OCH3 is 2. The molecule has 5 nitrogen and oxygen atoms in total. The second-order valence-electron chi connectivity index (χ2n) is 6.67. The third-order valence-corrected chi connectivity index (χ3v) is 4.79. The molecule has 0 bridgehead atoms. The van der Waals surface area contributed by atoms with Crippen molar-refractivity contribution < 1.29 is 9.47 Å². The lowest BCUT2D eigenvalue weighted by Crippen LogP contribution is -2.07. The molecular formula is C24H23N3O2. The van der Waals surface area contributed by atoms with E-state index in [1.807, 2.05) is 60.7 Å². The largest absolute Gasteiger partial charge is 0.493 e. The van der Waals surface area contributed by atoms with Crippen molar-refractivity contribution in [3.8, 4) is 11.5 Å². The molecule has 4 rings (SSSR count). The van der Waals surface area contributed by atoms with E-state index in [1.165, 1.54) is 5.56 Å². The fraction of sp³-hybridized carbons (Fsp3) is 0.167. The third-order valence-electron chi connectivity index (χ3n) is 4.79. The Bertz CT molecular complexity index is 1110.